The van der Waals surface area contributed by atoms with Crippen LogP contribution in [-0.4, -0.2) is 57.4 Å². The summed E-state index contributed by atoms with van der Waals surface area (Å²) in [6.45, 7) is 6.84. The lowest BCUT2D eigenvalue weighted by atomic mass is 10.1. The molecule has 0 saturated carbocycles. The number of nitrogens with zero attached hydrogens (tertiary/aromatic N) is 5. The van der Waals surface area contributed by atoms with Crippen LogP contribution in [-0.2, 0) is 16.0 Å². The fourth-order valence-corrected chi connectivity index (χ4v) is 2.88. The molecule has 1 saturated heterocycles. The van der Waals surface area contributed by atoms with Gasteiger partial charge in [0.05, 0.1) is 18.9 Å². The average molecular weight is 331 g/mol. The van der Waals surface area contributed by atoms with Gasteiger partial charge in [-0.1, -0.05) is 0 Å². The number of ether oxygens (including phenoxy) is 1. The number of carbonyl (C=O) groups is 1. The summed E-state index contributed by atoms with van der Waals surface area (Å²) in [5.41, 5.74) is 2.69. The van der Waals surface area contributed by atoms with Gasteiger partial charge in [0.15, 0.2) is 11.6 Å². The van der Waals surface area contributed by atoms with E-state index in [0.29, 0.717) is 25.5 Å². The molecule has 1 N–H and O–H groups in total. The lowest BCUT2D eigenvalue weighted by Gasteiger charge is -2.27. The quantitative estimate of drug-likeness (QED) is 0.878. The van der Waals surface area contributed by atoms with Gasteiger partial charge < -0.3 is 14.7 Å². The minimum atomic E-state index is -0.809. The van der Waals surface area contributed by atoms with E-state index < -0.39 is 5.97 Å². The zero-order valence-electron chi connectivity index (χ0n) is 13.9. The predicted octanol–water partition coefficient (Wildman–Crippen LogP) is 1.13. The highest BCUT2D eigenvalue weighted by Gasteiger charge is 2.16. The summed E-state index contributed by atoms with van der Waals surface area (Å²) in [5.74, 6) is 0.653. The largest absolute Gasteiger partial charge is 0.481 e. The maximum atomic E-state index is 10.8. The van der Waals surface area contributed by atoms with Gasteiger partial charge in [0.2, 0.25) is 0 Å². The van der Waals surface area contributed by atoms with E-state index in [9.17, 15) is 4.79 Å². The highest BCUT2D eigenvalue weighted by atomic mass is 16.5. The smallest absolute Gasteiger partial charge is 0.303 e. The van der Waals surface area contributed by atoms with Gasteiger partial charge in [-0.3, -0.25) is 4.79 Å². The second-order valence-corrected chi connectivity index (χ2v) is 5.80. The first-order valence-electron chi connectivity index (χ1n) is 8.00. The normalized spacial score (nSPS) is 14.8. The molecule has 2 aromatic rings. The molecule has 8 nitrogen and oxygen atoms in total. The first kappa shape index (κ1) is 16.4. The molecule has 0 unspecified atom stereocenters. The standard InChI is InChI=1S/C16H21N5O3/c1-11-13(3-6-16(22)23)12(2)21(19-11)15-5-4-14(17-18-15)20-7-9-24-10-8-20/h4-5H,3,6-10H2,1-2H3,(H,22,23). The number of aliphatic carboxylic acids is 1. The molecule has 128 valence electrons. The summed E-state index contributed by atoms with van der Waals surface area (Å²) in [6.07, 6.45) is 0.557. The van der Waals surface area contributed by atoms with E-state index in [0.717, 1.165) is 35.9 Å². The number of carboxylic acid groups (broad SMARTS) is 1. The molecule has 3 heterocycles. The van der Waals surface area contributed by atoms with Gasteiger partial charge in [-0.25, -0.2) is 4.68 Å². The fourth-order valence-electron chi connectivity index (χ4n) is 2.88. The lowest BCUT2D eigenvalue weighted by Crippen LogP contribution is -2.36. The van der Waals surface area contributed by atoms with Crippen LogP contribution < -0.4 is 4.90 Å². The van der Waals surface area contributed by atoms with Gasteiger partial charge in [-0.2, -0.15) is 5.10 Å². The Kier molecular flexibility index (Phi) is 4.75. The fraction of sp³-hybridized carbons (Fsp3) is 0.500. The maximum absolute atomic E-state index is 10.8. The third kappa shape index (κ3) is 3.38. The van der Waals surface area contributed by atoms with Crippen LogP contribution in [0.25, 0.3) is 5.82 Å². The number of hydrogen-bond acceptors (Lipinski definition) is 6. The molecule has 2 aromatic heterocycles. The van der Waals surface area contributed by atoms with Crippen molar-refractivity contribution in [2.24, 2.45) is 0 Å². The summed E-state index contributed by atoms with van der Waals surface area (Å²) in [6, 6.07) is 3.82. The van der Waals surface area contributed by atoms with Gasteiger partial charge >= 0.3 is 5.97 Å². The molecule has 1 fully saturated rings. The molecule has 0 atom stereocenters. The van der Waals surface area contributed by atoms with Gasteiger partial charge in [0.25, 0.3) is 0 Å². The molecule has 0 bridgehead atoms. The SMILES string of the molecule is Cc1nn(-c2ccc(N3CCOCC3)nn2)c(C)c1CCC(=O)O. The summed E-state index contributed by atoms with van der Waals surface area (Å²) < 4.78 is 7.06. The van der Waals surface area contributed by atoms with E-state index in [1.54, 1.807) is 4.68 Å². The number of anilines is 1. The number of hydrogen-bond donors (Lipinski definition) is 1. The maximum Gasteiger partial charge on any atom is 0.303 e. The second kappa shape index (κ2) is 6.96. The van der Waals surface area contributed by atoms with E-state index in [1.807, 2.05) is 26.0 Å². The Bertz CT molecular complexity index is 720. The number of morpholine rings is 1. The first-order valence-corrected chi connectivity index (χ1v) is 8.00. The van der Waals surface area contributed by atoms with Gasteiger partial charge in [-0.15, -0.1) is 10.2 Å². The van der Waals surface area contributed by atoms with Crippen LogP contribution in [0.5, 0.6) is 0 Å². The van der Waals surface area contributed by atoms with Crippen molar-refractivity contribution in [3.8, 4) is 5.82 Å². The van der Waals surface area contributed by atoms with Crippen LogP contribution in [0, 0.1) is 13.8 Å². The van der Waals surface area contributed by atoms with Crippen molar-refractivity contribution in [1.82, 2.24) is 20.0 Å². The Hall–Kier alpha value is -2.48. The molecular formula is C16H21N5O3. The Labute approximate surface area is 140 Å². The molecule has 8 heteroatoms. The zero-order chi connectivity index (χ0) is 17.1. The number of aryl methyl sites for hydroxylation is 1. The van der Waals surface area contributed by atoms with Gasteiger partial charge in [0.1, 0.15) is 0 Å². The van der Waals surface area contributed by atoms with E-state index in [1.165, 1.54) is 0 Å². The molecular weight excluding hydrogens is 310 g/mol. The van der Waals surface area contributed by atoms with Gasteiger partial charge in [-0.05, 0) is 38.0 Å². The van der Waals surface area contributed by atoms with Crippen LogP contribution in [0.4, 0.5) is 5.82 Å². The molecule has 0 radical (unpaired) electrons. The topological polar surface area (TPSA) is 93.4 Å². The van der Waals surface area contributed by atoms with Crippen molar-refractivity contribution in [2.45, 2.75) is 26.7 Å². The van der Waals surface area contributed by atoms with Gasteiger partial charge in [0, 0.05) is 25.2 Å². The first-order chi connectivity index (χ1) is 11.6. The Morgan fingerprint density at radius 2 is 1.88 bits per heavy atom. The minimum Gasteiger partial charge on any atom is -0.481 e. The van der Waals surface area contributed by atoms with Crippen LogP contribution in [0.15, 0.2) is 12.1 Å². The summed E-state index contributed by atoms with van der Waals surface area (Å²) in [7, 11) is 0. The predicted molar refractivity (Wildman–Crippen MR) is 87.6 cm³/mol. The molecule has 1 aliphatic rings. The minimum absolute atomic E-state index is 0.0923. The molecule has 3 rings (SSSR count). The monoisotopic (exact) mass is 331 g/mol. The zero-order valence-corrected chi connectivity index (χ0v) is 13.9. The second-order valence-electron chi connectivity index (χ2n) is 5.80. The molecule has 24 heavy (non-hydrogen) atoms. The average Bonchev–Trinajstić information content (AvgIpc) is 2.88. The van der Waals surface area contributed by atoms with Crippen molar-refractivity contribution in [3.05, 3.63) is 29.1 Å². The highest BCUT2D eigenvalue weighted by Crippen LogP contribution is 2.19. The van der Waals surface area contributed by atoms with E-state index in [-0.39, 0.29) is 6.42 Å². The van der Waals surface area contributed by atoms with Crippen molar-refractivity contribution in [3.63, 3.8) is 0 Å². The van der Waals surface area contributed by atoms with Crippen LogP contribution in [0.2, 0.25) is 0 Å². The number of rotatable bonds is 5. The number of aromatic nitrogens is 4. The van der Waals surface area contributed by atoms with Crippen molar-refractivity contribution >= 4 is 11.8 Å². The molecule has 0 spiro atoms. The molecule has 0 amide bonds. The van der Waals surface area contributed by atoms with E-state index >= 15 is 0 Å². The third-order valence-corrected chi connectivity index (χ3v) is 4.22. The highest BCUT2D eigenvalue weighted by molar-refractivity contribution is 5.67. The summed E-state index contributed by atoms with van der Waals surface area (Å²) >= 11 is 0. The molecule has 0 aliphatic carbocycles. The van der Waals surface area contributed by atoms with E-state index in [2.05, 4.69) is 20.2 Å². The van der Waals surface area contributed by atoms with Crippen molar-refractivity contribution in [1.29, 1.82) is 0 Å². The summed E-state index contributed by atoms with van der Waals surface area (Å²) in [5, 5.41) is 21.9. The third-order valence-electron chi connectivity index (χ3n) is 4.22. The number of carboxylic acids is 1. The van der Waals surface area contributed by atoms with Crippen LogP contribution in [0.3, 0.4) is 0 Å². The lowest BCUT2D eigenvalue weighted by molar-refractivity contribution is -0.136. The Morgan fingerprint density at radius 1 is 1.21 bits per heavy atom. The van der Waals surface area contributed by atoms with Crippen LogP contribution in [0.1, 0.15) is 23.4 Å². The van der Waals surface area contributed by atoms with E-state index in [4.69, 9.17) is 9.84 Å². The molecule has 0 aromatic carbocycles. The van der Waals surface area contributed by atoms with Crippen molar-refractivity contribution in [2.75, 3.05) is 31.2 Å². The van der Waals surface area contributed by atoms with Crippen molar-refractivity contribution < 1.29 is 14.6 Å². The molecule has 1 aliphatic heterocycles. The Balaban J connectivity index is 1.81. The Morgan fingerprint density at radius 3 is 2.50 bits per heavy atom. The van der Waals surface area contributed by atoms with Crippen LogP contribution >= 0.6 is 0 Å². The summed E-state index contributed by atoms with van der Waals surface area (Å²) in [4.78, 5) is 12.9.